The molecular weight excluding hydrogens is 260 g/mol. The highest BCUT2D eigenvalue weighted by molar-refractivity contribution is 5.22. The van der Waals surface area contributed by atoms with Gasteiger partial charge < -0.3 is 10.1 Å². The van der Waals surface area contributed by atoms with Crippen molar-refractivity contribution in [3.05, 3.63) is 35.4 Å². The second kappa shape index (κ2) is 9.93. The number of hydrogen-bond donors (Lipinski definition) is 1. The quantitative estimate of drug-likeness (QED) is 0.717. The lowest BCUT2D eigenvalue weighted by Crippen LogP contribution is -2.25. The Bertz CT molecular complexity index is 373. The van der Waals surface area contributed by atoms with Crippen molar-refractivity contribution in [2.75, 3.05) is 26.7 Å². The first-order chi connectivity index (χ1) is 9.97. The fraction of sp³-hybridized carbons (Fsp3) is 0.667. The minimum atomic E-state index is 0.317. The van der Waals surface area contributed by atoms with Crippen molar-refractivity contribution < 1.29 is 4.74 Å². The lowest BCUT2D eigenvalue weighted by atomic mass is 10.1. The van der Waals surface area contributed by atoms with Gasteiger partial charge in [0.15, 0.2) is 0 Å². The third-order valence-corrected chi connectivity index (χ3v) is 3.37. The highest BCUT2D eigenvalue weighted by Crippen LogP contribution is 2.07. The summed E-state index contributed by atoms with van der Waals surface area (Å²) in [6.45, 7) is 12.3. The molecule has 1 rings (SSSR count). The van der Waals surface area contributed by atoms with E-state index in [1.54, 1.807) is 0 Å². The van der Waals surface area contributed by atoms with Crippen molar-refractivity contribution in [1.29, 1.82) is 0 Å². The van der Waals surface area contributed by atoms with Crippen LogP contribution in [0.1, 0.15) is 38.8 Å². The van der Waals surface area contributed by atoms with Gasteiger partial charge >= 0.3 is 0 Å². The Balaban J connectivity index is 2.29. The van der Waals surface area contributed by atoms with Gasteiger partial charge in [0.05, 0.1) is 12.7 Å². The summed E-state index contributed by atoms with van der Waals surface area (Å²) < 4.78 is 5.58. The fourth-order valence-electron chi connectivity index (χ4n) is 2.15. The molecule has 3 nitrogen and oxygen atoms in total. The largest absolute Gasteiger partial charge is 0.377 e. The van der Waals surface area contributed by atoms with Gasteiger partial charge in [-0.15, -0.1) is 0 Å². The lowest BCUT2D eigenvalue weighted by Gasteiger charge is -2.18. The Labute approximate surface area is 130 Å². The standard InChI is InChI=1S/C18H32N2O/c1-15(2)19-11-10-17-6-8-18(9-7-17)14-20(5)12-13-21-16(3)4/h6-9,15-16,19H,10-14H2,1-5H3. The summed E-state index contributed by atoms with van der Waals surface area (Å²) in [5.41, 5.74) is 2.76. The third-order valence-electron chi connectivity index (χ3n) is 3.37. The molecule has 0 aliphatic carbocycles. The molecule has 1 N–H and O–H groups in total. The summed E-state index contributed by atoms with van der Waals surface area (Å²) in [6, 6.07) is 9.53. The molecule has 0 saturated heterocycles. The van der Waals surface area contributed by atoms with Crippen LogP contribution in [0.2, 0.25) is 0 Å². The maximum atomic E-state index is 5.58. The average Bonchev–Trinajstić information content (AvgIpc) is 2.40. The van der Waals surface area contributed by atoms with E-state index < -0.39 is 0 Å². The van der Waals surface area contributed by atoms with Crippen molar-refractivity contribution in [2.45, 2.75) is 52.8 Å². The minimum absolute atomic E-state index is 0.317. The average molecular weight is 292 g/mol. The molecule has 0 heterocycles. The van der Waals surface area contributed by atoms with Crippen molar-refractivity contribution in [3.63, 3.8) is 0 Å². The Hall–Kier alpha value is -0.900. The third kappa shape index (κ3) is 8.86. The molecule has 0 bridgehead atoms. The number of benzene rings is 1. The smallest absolute Gasteiger partial charge is 0.0596 e. The van der Waals surface area contributed by atoms with Crippen LogP contribution in [0.5, 0.6) is 0 Å². The molecule has 0 radical (unpaired) electrons. The molecule has 0 saturated carbocycles. The zero-order chi connectivity index (χ0) is 15.7. The number of nitrogens with zero attached hydrogens (tertiary/aromatic N) is 1. The summed E-state index contributed by atoms with van der Waals surface area (Å²) in [4.78, 5) is 2.30. The highest BCUT2D eigenvalue weighted by atomic mass is 16.5. The van der Waals surface area contributed by atoms with Crippen LogP contribution in [0.25, 0.3) is 0 Å². The Kier molecular flexibility index (Phi) is 8.58. The van der Waals surface area contributed by atoms with Crippen LogP contribution in [0.3, 0.4) is 0 Å². The molecule has 0 unspecified atom stereocenters. The zero-order valence-electron chi connectivity index (χ0n) is 14.4. The van der Waals surface area contributed by atoms with Gasteiger partial charge in [-0.2, -0.15) is 0 Å². The predicted octanol–water partition coefficient (Wildman–Crippen LogP) is 3.08. The minimum Gasteiger partial charge on any atom is -0.377 e. The summed E-state index contributed by atoms with van der Waals surface area (Å²) in [7, 11) is 2.14. The Morgan fingerprint density at radius 2 is 1.67 bits per heavy atom. The first-order valence-electron chi connectivity index (χ1n) is 8.08. The molecule has 1 aromatic carbocycles. The van der Waals surface area contributed by atoms with Gasteiger partial charge in [0.2, 0.25) is 0 Å². The number of ether oxygens (including phenoxy) is 1. The van der Waals surface area contributed by atoms with E-state index in [2.05, 4.69) is 69.2 Å². The summed E-state index contributed by atoms with van der Waals surface area (Å²) in [5.74, 6) is 0. The van der Waals surface area contributed by atoms with Crippen molar-refractivity contribution in [1.82, 2.24) is 10.2 Å². The molecule has 21 heavy (non-hydrogen) atoms. The van der Waals surface area contributed by atoms with Crippen LogP contribution in [0.15, 0.2) is 24.3 Å². The SMILES string of the molecule is CC(C)NCCc1ccc(CN(C)CCOC(C)C)cc1. The van der Waals surface area contributed by atoms with E-state index in [0.717, 1.165) is 32.7 Å². The molecule has 0 aromatic heterocycles. The van der Waals surface area contributed by atoms with Gasteiger partial charge in [-0.05, 0) is 45.0 Å². The highest BCUT2D eigenvalue weighted by Gasteiger charge is 2.02. The van der Waals surface area contributed by atoms with Crippen molar-refractivity contribution >= 4 is 0 Å². The number of hydrogen-bond acceptors (Lipinski definition) is 3. The zero-order valence-corrected chi connectivity index (χ0v) is 14.4. The van der Waals surface area contributed by atoms with Crippen LogP contribution in [-0.2, 0) is 17.7 Å². The van der Waals surface area contributed by atoms with E-state index in [1.807, 2.05) is 0 Å². The molecule has 0 spiro atoms. The molecule has 120 valence electrons. The molecule has 0 aliphatic heterocycles. The van der Waals surface area contributed by atoms with Crippen LogP contribution >= 0.6 is 0 Å². The van der Waals surface area contributed by atoms with Gasteiger partial charge in [-0.1, -0.05) is 38.1 Å². The van der Waals surface area contributed by atoms with E-state index in [4.69, 9.17) is 4.74 Å². The molecule has 0 aliphatic rings. The van der Waals surface area contributed by atoms with Gasteiger partial charge in [-0.3, -0.25) is 4.90 Å². The van der Waals surface area contributed by atoms with E-state index in [9.17, 15) is 0 Å². The van der Waals surface area contributed by atoms with Crippen LogP contribution in [-0.4, -0.2) is 43.8 Å². The summed E-state index contributed by atoms with van der Waals surface area (Å²) in [6.07, 6.45) is 1.41. The van der Waals surface area contributed by atoms with Gasteiger partial charge in [0.25, 0.3) is 0 Å². The van der Waals surface area contributed by atoms with Gasteiger partial charge in [0, 0.05) is 19.1 Å². The molecule has 1 aromatic rings. The summed E-state index contributed by atoms with van der Waals surface area (Å²) >= 11 is 0. The number of rotatable bonds is 10. The van der Waals surface area contributed by atoms with Crippen LogP contribution < -0.4 is 5.32 Å². The molecule has 0 atom stereocenters. The fourth-order valence-corrected chi connectivity index (χ4v) is 2.15. The Morgan fingerprint density at radius 1 is 1.05 bits per heavy atom. The second-order valence-electron chi connectivity index (χ2n) is 6.33. The van der Waals surface area contributed by atoms with E-state index in [0.29, 0.717) is 12.1 Å². The molecule has 3 heteroatoms. The second-order valence-corrected chi connectivity index (χ2v) is 6.33. The van der Waals surface area contributed by atoms with E-state index in [1.165, 1.54) is 11.1 Å². The first-order valence-corrected chi connectivity index (χ1v) is 8.08. The topological polar surface area (TPSA) is 24.5 Å². The van der Waals surface area contributed by atoms with E-state index in [-0.39, 0.29) is 0 Å². The predicted molar refractivity (Wildman–Crippen MR) is 90.7 cm³/mol. The van der Waals surface area contributed by atoms with E-state index >= 15 is 0 Å². The van der Waals surface area contributed by atoms with Gasteiger partial charge in [-0.25, -0.2) is 0 Å². The normalized spacial score (nSPS) is 11.8. The first kappa shape index (κ1) is 18.1. The molecule has 0 fully saturated rings. The maximum Gasteiger partial charge on any atom is 0.0596 e. The van der Waals surface area contributed by atoms with Crippen LogP contribution in [0, 0.1) is 0 Å². The lowest BCUT2D eigenvalue weighted by molar-refractivity contribution is 0.0627. The molecule has 0 amide bonds. The van der Waals surface area contributed by atoms with Gasteiger partial charge in [0.1, 0.15) is 0 Å². The van der Waals surface area contributed by atoms with Crippen molar-refractivity contribution in [3.8, 4) is 0 Å². The Morgan fingerprint density at radius 3 is 2.24 bits per heavy atom. The number of nitrogens with one attached hydrogen (secondary N) is 1. The summed E-state index contributed by atoms with van der Waals surface area (Å²) in [5, 5.41) is 3.45. The monoisotopic (exact) mass is 292 g/mol. The number of likely N-dealkylation sites (N-methyl/N-ethyl adjacent to an activating group) is 1. The maximum absolute atomic E-state index is 5.58. The molecular formula is C18H32N2O. The van der Waals surface area contributed by atoms with Crippen LogP contribution in [0.4, 0.5) is 0 Å². The van der Waals surface area contributed by atoms with Crippen molar-refractivity contribution in [2.24, 2.45) is 0 Å².